The van der Waals surface area contributed by atoms with E-state index in [1.807, 2.05) is 18.3 Å². The Hall–Kier alpha value is -7.04. The summed E-state index contributed by atoms with van der Waals surface area (Å²) >= 11 is 0. The first-order valence-corrected chi connectivity index (χ1v) is 17.6. The van der Waals surface area contributed by atoms with Crippen molar-refractivity contribution < 1.29 is 0 Å². The molecule has 0 N–H and O–H groups in total. The molecule has 0 aliphatic carbocycles. The molecule has 10 aromatic rings. The minimum absolute atomic E-state index is 0.992. The van der Waals surface area contributed by atoms with E-state index in [2.05, 4.69) is 189 Å². The maximum atomic E-state index is 4.36. The average molecular weight is 665 g/mol. The van der Waals surface area contributed by atoms with E-state index < -0.39 is 0 Å². The standard InChI is InChI=1S/C48H32N4/c1-2-14-38(15-3-1)51-45-19-8-6-17-41(45)43-29-35(23-27-47(43)51)36-24-28-48-44(30-36)42-18-7-9-20-46(42)52(48)39-25-21-33(22-26-39)31-49-50-32-37-13-10-12-34-11-4-5-16-40(34)37/h1-32H. The quantitative estimate of drug-likeness (QED) is 0.125. The molecule has 0 saturated carbocycles. The number of hydrogen-bond donors (Lipinski definition) is 0. The van der Waals surface area contributed by atoms with E-state index in [-0.39, 0.29) is 0 Å². The maximum absolute atomic E-state index is 4.36. The average Bonchev–Trinajstić information content (AvgIpc) is 3.72. The second-order valence-electron chi connectivity index (χ2n) is 13.2. The van der Waals surface area contributed by atoms with Crippen LogP contribution < -0.4 is 0 Å². The molecule has 0 atom stereocenters. The van der Waals surface area contributed by atoms with Crippen LogP contribution in [0.5, 0.6) is 0 Å². The second kappa shape index (κ2) is 12.4. The predicted octanol–water partition coefficient (Wildman–Crippen LogP) is 12.2. The zero-order valence-corrected chi connectivity index (χ0v) is 28.3. The van der Waals surface area contributed by atoms with Gasteiger partial charge in [-0.3, -0.25) is 0 Å². The number of rotatable bonds is 6. The molecular formula is C48H32N4. The molecule has 0 unspecified atom stereocenters. The Bertz CT molecular complexity index is 2990. The minimum Gasteiger partial charge on any atom is -0.309 e. The van der Waals surface area contributed by atoms with Crippen molar-refractivity contribution in [1.29, 1.82) is 0 Å². The third-order valence-electron chi connectivity index (χ3n) is 10.1. The Morgan fingerprint density at radius 2 is 0.846 bits per heavy atom. The van der Waals surface area contributed by atoms with Crippen LogP contribution in [0.2, 0.25) is 0 Å². The fourth-order valence-corrected chi connectivity index (χ4v) is 7.71. The lowest BCUT2D eigenvalue weighted by molar-refractivity contribution is 1.18. The fraction of sp³-hybridized carbons (Fsp3) is 0. The van der Waals surface area contributed by atoms with Crippen molar-refractivity contribution >= 4 is 66.8 Å². The highest BCUT2D eigenvalue weighted by atomic mass is 15.2. The zero-order valence-electron chi connectivity index (χ0n) is 28.3. The molecule has 0 saturated heterocycles. The van der Waals surface area contributed by atoms with Gasteiger partial charge < -0.3 is 9.13 Å². The number of para-hydroxylation sites is 3. The summed E-state index contributed by atoms with van der Waals surface area (Å²) in [7, 11) is 0. The van der Waals surface area contributed by atoms with Gasteiger partial charge >= 0.3 is 0 Å². The first-order valence-electron chi connectivity index (χ1n) is 17.6. The topological polar surface area (TPSA) is 34.6 Å². The Balaban J connectivity index is 1.00. The lowest BCUT2D eigenvalue weighted by atomic mass is 10.0. The third kappa shape index (κ3) is 5.00. The van der Waals surface area contributed by atoms with Gasteiger partial charge in [0.2, 0.25) is 0 Å². The van der Waals surface area contributed by atoms with Crippen molar-refractivity contribution in [3.8, 4) is 22.5 Å². The molecule has 0 fully saturated rings. The van der Waals surface area contributed by atoms with Crippen LogP contribution >= 0.6 is 0 Å². The predicted molar refractivity (Wildman–Crippen MR) is 220 cm³/mol. The molecule has 2 heterocycles. The van der Waals surface area contributed by atoms with Gasteiger partial charge in [0.1, 0.15) is 0 Å². The Kier molecular flexibility index (Phi) is 7.10. The lowest BCUT2D eigenvalue weighted by Gasteiger charge is -2.09. The summed E-state index contributed by atoms with van der Waals surface area (Å²) in [6.07, 6.45) is 3.62. The van der Waals surface area contributed by atoms with Crippen molar-refractivity contribution in [3.05, 3.63) is 193 Å². The molecule has 244 valence electrons. The van der Waals surface area contributed by atoms with Crippen molar-refractivity contribution in [2.75, 3.05) is 0 Å². The number of nitrogens with zero attached hydrogens (tertiary/aromatic N) is 4. The summed E-state index contributed by atoms with van der Waals surface area (Å²) in [6.45, 7) is 0. The highest BCUT2D eigenvalue weighted by Gasteiger charge is 2.16. The van der Waals surface area contributed by atoms with Crippen LogP contribution in [0.25, 0.3) is 76.9 Å². The van der Waals surface area contributed by atoms with Crippen LogP contribution in [0.15, 0.2) is 192 Å². The summed E-state index contributed by atoms with van der Waals surface area (Å²) in [5.41, 5.74) is 11.5. The summed E-state index contributed by atoms with van der Waals surface area (Å²) in [6, 6.07) is 64.8. The van der Waals surface area contributed by atoms with Crippen LogP contribution in [0.3, 0.4) is 0 Å². The summed E-state index contributed by atoms with van der Waals surface area (Å²) in [5, 5.41) is 16.0. The zero-order chi connectivity index (χ0) is 34.4. The van der Waals surface area contributed by atoms with Gasteiger partial charge in [-0.05, 0) is 88.1 Å². The second-order valence-corrected chi connectivity index (χ2v) is 13.2. The lowest BCUT2D eigenvalue weighted by Crippen LogP contribution is -1.94. The number of hydrogen-bond acceptors (Lipinski definition) is 2. The van der Waals surface area contributed by atoms with E-state index in [0.29, 0.717) is 0 Å². The monoisotopic (exact) mass is 664 g/mol. The van der Waals surface area contributed by atoms with E-state index in [9.17, 15) is 0 Å². The van der Waals surface area contributed by atoms with Gasteiger partial charge in [-0.1, -0.05) is 121 Å². The molecule has 0 bridgehead atoms. The van der Waals surface area contributed by atoms with Gasteiger partial charge in [-0.2, -0.15) is 10.2 Å². The molecule has 2 aromatic heterocycles. The van der Waals surface area contributed by atoms with Crippen LogP contribution in [0, 0.1) is 0 Å². The normalized spacial score (nSPS) is 12.1. The van der Waals surface area contributed by atoms with Crippen molar-refractivity contribution in [2.45, 2.75) is 0 Å². The molecule has 52 heavy (non-hydrogen) atoms. The molecule has 0 amide bonds. The van der Waals surface area contributed by atoms with Crippen molar-refractivity contribution in [2.24, 2.45) is 10.2 Å². The summed E-state index contributed by atoms with van der Waals surface area (Å²) < 4.78 is 4.71. The number of aromatic nitrogens is 2. The minimum atomic E-state index is 0.992. The van der Waals surface area contributed by atoms with Crippen LogP contribution in [0.4, 0.5) is 0 Å². The van der Waals surface area contributed by atoms with E-state index in [1.165, 1.54) is 71.2 Å². The van der Waals surface area contributed by atoms with Gasteiger partial charge in [0, 0.05) is 38.5 Å². The van der Waals surface area contributed by atoms with Gasteiger partial charge in [0.25, 0.3) is 0 Å². The molecule has 0 aliphatic heterocycles. The molecule has 8 aromatic carbocycles. The molecular weight excluding hydrogens is 633 g/mol. The fourth-order valence-electron chi connectivity index (χ4n) is 7.71. The summed E-state index contributed by atoms with van der Waals surface area (Å²) in [5.74, 6) is 0. The van der Waals surface area contributed by atoms with Gasteiger partial charge in [0.15, 0.2) is 0 Å². The van der Waals surface area contributed by atoms with E-state index in [1.54, 1.807) is 6.21 Å². The van der Waals surface area contributed by atoms with Crippen molar-refractivity contribution in [1.82, 2.24) is 9.13 Å². The highest BCUT2D eigenvalue weighted by Crippen LogP contribution is 2.38. The molecule has 4 nitrogen and oxygen atoms in total. The third-order valence-corrected chi connectivity index (χ3v) is 10.1. The van der Waals surface area contributed by atoms with Crippen molar-refractivity contribution in [3.63, 3.8) is 0 Å². The molecule has 10 rings (SSSR count). The van der Waals surface area contributed by atoms with Gasteiger partial charge in [-0.25, -0.2) is 0 Å². The first-order chi connectivity index (χ1) is 25.8. The van der Waals surface area contributed by atoms with Crippen LogP contribution in [0.1, 0.15) is 11.1 Å². The number of fused-ring (bicyclic) bond motifs is 7. The maximum Gasteiger partial charge on any atom is 0.0574 e. The molecule has 0 radical (unpaired) electrons. The Morgan fingerprint density at radius 3 is 1.50 bits per heavy atom. The Morgan fingerprint density at radius 1 is 0.346 bits per heavy atom. The highest BCUT2D eigenvalue weighted by molar-refractivity contribution is 6.12. The van der Waals surface area contributed by atoms with E-state index >= 15 is 0 Å². The largest absolute Gasteiger partial charge is 0.309 e. The Labute approximate surface area is 300 Å². The molecule has 0 spiro atoms. The summed E-state index contributed by atoms with van der Waals surface area (Å²) in [4.78, 5) is 0. The molecule has 4 heteroatoms. The van der Waals surface area contributed by atoms with Gasteiger partial charge in [-0.15, -0.1) is 0 Å². The molecule has 0 aliphatic rings. The van der Waals surface area contributed by atoms with E-state index in [4.69, 9.17) is 0 Å². The first kappa shape index (κ1) is 29.8. The SMILES string of the molecule is C(=NN=Cc1cccc2ccccc12)c1ccc(-n2c3ccccc3c3cc(-c4ccc5c(c4)c4ccccc4n5-c4ccccc4)ccc32)cc1. The smallest absolute Gasteiger partial charge is 0.0574 e. The van der Waals surface area contributed by atoms with Gasteiger partial charge in [0.05, 0.1) is 34.5 Å². The number of benzene rings is 8. The van der Waals surface area contributed by atoms with E-state index in [0.717, 1.165) is 16.8 Å². The van der Waals surface area contributed by atoms with Crippen LogP contribution in [-0.4, -0.2) is 21.6 Å². The van der Waals surface area contributed by atoms with Crippen LogP contribution in [-0.2, 0) is 0 Å².